The molecule has 0 bridgehead atoms. The third kappa shape index (κ3) is 20.5. The van der Waals surface area contributed by atoms with Crippen molar-refractivity contribution < 1.29 is 71.0 Å². The molecule has 0 amide bonds. The van der Waals surface area contributed by atoms with Crippen LogP contribution in [-0.4, -0.2) is 115 Å². The molecule has 4 aromatic carbocycles. The number of phenolic OH excluding ortho intramolecular Hbond substituents is 2. The fourth-order valence-electron chi connectivity index (χ4n) is 5.30. The maximum absolute atomic E-state index is 10.7. The third-order valence-electron chi connectivity index (χ3n) is 8.35. The van der Waals surface area contributed by atoms with Crippen LogP contribution in [0.4, 0.5) is 11.4 Å². The van der Waals surface area contributed by atoms with Crippen molar-refractivity contribution in [2.45, 2.75) is 51.0 Å². The summed E-state index contributed by atoms with van der Waals surface area (Å²) < 4.78 is 0. The minimum absolute atomic E-state index is 0. The molecule has 0 aliphatic rings. The second-order valence-electron chi connectivity index (χ2n) is 13.0. The number of anilines is 2. The molecular formula is C42H56N4O14. The molecular weight excluding hydrogens is 784 g/mol. The number of benzene rings is 4. The quantitative estimate of drug-likeness (QED) is 0.0261. The largest absolute Gasteiger partial charge is 0.506 e. The minimum atomic E-state index is -1.26. The van der Waals surface area contributed by atoms with Crippen molar-refractivity contribution in [3.63, 3.8) is 0 Å². The van der Waals surface area contributed by atoms with Crippen molar-refractivity contribution >= 4 is 35.9 Å². The first-order valence-electron chi connectivity index (χ1n) is 18.1. The number of carboxylic acids is 2. The van der Waals surface area contributed by atoms with Crippen LogP contribution in [0.3, 0.4) is 0 Å². The van der Waals surface area contributed by atoms with Gasteiger partial charge in [0.2, 0.25) is 0 Å². The molecule has 18 heteroatoms. The van der Waals surface area contributed by atoms with E-state index in [1.54, 1.807) is 48.5 Å². The number of rotatable bonds is 20. The molecule has 4 aromatic rings. The first-order valence-corrected chi connectivity index (χ1v) is 18.1. The SMILES string of the molecule is C[C@@H](Cc1ccc(C=O)cc1)NC[C@@H](O)c1ccc(O)c(NCO)c1.C[C@@H](Cc1ccc(C=O)cc1)NC[C@@H](O)c1ccc(O)c(NCO)c1.O.O.O=C(O)/C=C/C(=O)O. The lowest BCUT2D eigenvalue weighted by molar-refractivity contribution is -0.134. The maximum Gasteiger partial charge on any atom is 0.328 e. The molecule has 18 nitrogen and oxygen atoms in total. The standard InChI is InChI=1S/2C19H24N2O4.C4H4O4.2H2O/c2*1-13(8-14-2-4-15(11-22)5-3-14)20-10-19(25)16-6-7-18(24)17(9-16)21-12-23;5-3(6)1-2-4(7)8;;/h2*2-7,9,11,13,19-21,23-25H,8,10,12H2,1H3;1-2H,(H,5,6)(H,7,8);2*1H2/b;;2-1+;;/t2*13-,19+;;;/m00.../s1. The van der Waals surface area contributed by atoms with Crippen LogP contribution in [0.5, 0.6) is 11.5 Å². The van der Waals surface area contributed by atoms with E-state index in [0.717, 1.165) is 36.5 Å². The van der Waals surface area contributed by atoms with Gasteiger partial charge in [0, 0.05) is 48.5 Å². The number of carboxylic acid groups (broad SMARTS) is 2. The molecule has 0 unspecified atom stereocenters. The van der Waals surface area contributed by atoms with Gasteiger partial charge in [0.1, 0.15) is 37.5 Å². The monoisotopic (exact) mass is 840 g/mol. The molecule has 4 rings (SSSR count). The Kier molecular flexibility index (Phi) is 26.0. The topological polar surface area (TPSA) is 341 Å². The summed E-state index contributed by atoms with van der Waals surface area (Å²) in [6.07, 6.45) is 2.83. The highest BCUT2D eigenvalue weighted by molar-refractivity contribution is 5.89. The summed E-state index contributed by atoms with van der Waals surface area (Å²) in [7, 11) is 0. The van der Waals surface area contributed by atoms with E-state index in [2.05, 4.69) is 21.3 Å². The van der Waals surface area contributed by atoms with Crippen molar-refractivity contribution in [3.05, 3.63) is 130 Å². The predicted octanol–water partition coefficient (Wildman–Crippen LogP) is 1.70. The lowest BCUT2D eigenvalue weighted by Crippen LogP contribution is -2.32. The first-order chi connectivity index (χ1) is 27.7. The van der Waals surface area contributed by atoms with Gasteiger partial charge in [-0.15, -0.1) is 0 Å². The van der Waals surface area contributed by atoms with Crippen molar-refractivity contribution in [2.75, 3.05) is 37.2 Å². The van der Waals surface area contributed by atoms with E-state index in [4.69, 9.17) is 20.4 Å². The van der Waals surface area contributed by atoms with E-state index < -0.39 is 24.1 Å². The normalized spacial score (nSPS) is 12.3. The number of aliphatic hydroxyl groups is 4. The second-order valence-corrected chi connectivity index (χ2v) is 13.0. The summed E-state index contributed by atoms with van der Waals surface area (Å²) >= 11 is 0. The van der Waals surface area contributed by atoms with Gasteiger partial charge in [-0.1, -0.05) is 60.7 Å². The molecule has 0 saturated carbocycles. The number of aromatic hydroxyl groups is 2. The number of hydrogen-bond donors (Lipinski definition) is 12. The maximum atomic E-state index is 10.7. The van der Waals surface area contributed by atoms with Gasteiger partial charge in [-0.25, -0.2) is 9.59 Å². The van der Waals surface area contributed by atoms with Crippen LogP contribution >= 0.6 is 0 Å². The lowest BCUT2D eigenvalue weighted by atomic mass is 10.0. The number of hydrogen-bond acceptors (Lipinski definition) is 14. The molecule has 0 spiro atoms. The number of aliphatic carboxylic acids is 2. The first kappa shape index (κ1) is 53.8. The summed E-state index contributed by atoms with van der Waals surface area (Å²) in [5.74, 6) is -2.48. The summed E-state index contributed by atoms with van der Waals surface area (Å²) in [5, 5.41) is 85.2. The van der Waals surface area contributed by atoms with Crippen LogP contribution in [0, 0.1) is 0 Å². The number of carbonyl (C=O) groups is 4. The Labute approximate surface area is 347 Å². The molecule has 0 aromatic heterocycles. The van der Waals surface area contributed by atoms with Gasteiger partial charge in [0.25, 0.3) is 0 Å². The molecule has 4 atom stereocenters. The van der Waals surface area contributed by atoms with E-state index in [0.29, 0.717) is 58.9 Å². The molecule has 0 saturated heterocycles. The average molecular weight is 841 g/mol. The van der Waals surface area contributed by atoms with Crippen LogP contribution < -0.4 is 21.3 Å². The third-order valence-corrected chi connectivity index (χ3v) is 8.35. The molecule has 60 heavy (non-hydrogen) atoms. The number of carbonyl (C=O) groups excluding carboxylic acids is 2. The number of nitrogens with one attached hydrogen (secondary N) is 4. The Bertz CT molecular complexity index is 1770. The van der Waals surface area contributed by atoms with Crippen LogP contribution in [0.1, 0.15) is 69.0 Å². The Morgan fingerprint density at radius 3 is 1.20 bits per heavy atom. The van der Waals surface area contributed by atoms with E-state index >= 15 is 0 Å². The minimum Gasteiger partial charge on any atom is -0.506 e. The van der Waals surface area contributed by atoms with E-state index in [1.807, 2.05) is 38.1 Å². The Morgan fingerprint density at radius 1 is 0.583 bits per heavy atom. The number of phenols is 2. The zero-order valence-corrected chi connectivity index (χ0v) is 33.2. The number of aldehydes is 2. The van der Waals surface area contributed by atoms with Crippen molar-refractivity contribution in [1.29, 1.82) is 0 Å². The van der Waals surface area contributed by atoms with Gasteiger partial charge >= 0.3 is 11.9 Å². The molecule has 0 radical (unpaired) electrons. The van der Waals surface area contributed by atoms with Gasteiger partial charge in [0.15, 0.2) is 0 Å². The average Bonchev–Trinajstić information content (AvgIpc) is 3.21. The molecule has 0 heterocycles. The smallest absolute Gasteiger partial charge is 0.328 e. The van der Waals surface area contributed by atoms with Gasteiger partial charge in [0.05, 0.1) is 23.6 Å². The molecule has 0 aliphatic heterocycles. The Morgan fingerprint density at radius 2 is 0.917 bits per heavy atom. The predicted molar refractivity (Wildman–Crippen MR) is 225 cm³/mol. The highest BCUT2D eigenvalue weighted by Gasteiger charge is 2.14. The van der Waals surface area contributed by atoms with E-state index in [-0.39, 0.29) is 48.0 Å². The van der Waals surface area contributed by atoms with Gasteiger partial charge < -0.3 is 73.1 Å². The van der Waals surface area contributed by atoms with E-state index in [1.165, 1.54) is 12.1 Å². The van der Waals surface area contributed by atoms with Crippen molar-refractivity contribution in [2.24, 2.45) is 0 Å². The van der Waals surface area contributed by atoms with Gasteiger partial charge in [-0.2, -0.15) is 0 Å². The highest BCUT2D eigenvalue weighted by Crippen LogP contribution is 2.28. The summed E-state index contributed by atoms with van der Waals surface area (Å²) in [6, 6.07) is 24.6. The fraction of sp³-hybridized carbons (Fsp3) is 0.286. The van der Waals surface area contributed by atoms with E-state index in [9.17, 15) is 39.6 Å². The fourth-order valence-corrected chi connectivity index (χ4v) is 5.30. The zero-order chi connectivity index (χ0) is 43.0. The van der Waals surface area contributed by atoms with Crippen LogP contribution in [0.2, 0.25) is 0 Å². The van der Waals surface area contributed by atoms with Crippen LogP contribution in [-0.2, 0) is 22.4 Å². The zero-order valence-electron chi connectivity index (χ0n) is 33.2. The van der Waals surface area contributed by atoms with Gasteiger partial charge in [-0.3, -0.25) is 9.59 Å². The van der Waals surface area contributed by atoms with Crippen molar-refractivity contribution in [1.82, 2.24) is 10.6 Å². The highest BCUT2D eigenvalue weighted by atomic mass is 16.4. The number of aliphatic hydroxyl groups excluding tert-OH is 4. The van der Waals surface area contributed by atoms with Crippen molar-refractivity contribution in [3.8, 4) is 11.5 Å². The lowest BCUT2D eigenvalue weighted by Gasteiger charge is -2.18. The molecule has 16 N–H and O–H groups in total. The summed E-state index contributed by atoms with van der Waals surface area (Å²) in [6.45, 7) is 4.16. The van der Waals surface area contributed by atoms with Crippen LogP contribution in [0.15, 0.2) is 97.1 Å². The molecule has 328 valence electrons. The Balaban J connectivity index is 0.000000956. The van der Waals surface area contributed by atoms with Crippen LogP contribution in [0.25, 0.3) is 0 Å². The van der Waals surface area contributed by atoms with Gasteiger partial charge in [-0.05, 0) is 73.2 Å². The molecule has 0 aliphatic carbocycles. The molecule has 0 fully saturated rings. The summed E-state index contributed by atoms with van der Waals surface area (Å²) in [5.41, 5.74) is 5.56. The second kappa shape index (κ2) is 29.1. The Hall–Kier alpha value is -6.22. The summed E-state index contributed by atoms with van der Waals surface area (Å²) in [4.78, 5) is 40.4.